The summed E-state index contributed by atoms with van der Waals surface area (Å²) in [6, 6.07) is 2.79. The Labute approximate surface area is 137 Å². The average molecular weight is 341 g/mol. The largest absolute Gasteiger partial charge is 0.325 e. The summed E-state index contributed by atoms with van der Waals surface area (Å²) in [5.41, 5.74) is -0.817. The third-order valence-electron chi connectivity index (χ3n) is 4.65. The monoisotopic (exact) mass is 340 g/mol. The second-order valence-corrected chi connectivity index (χ2v) is 7.68. The van der Waals surface area contributed by atoms with Crippen molar-refractivity contribution in [1.82, 2.24) is 10.2 Å². The number of amides is 3. The summed E-state index contributed by atoms with van der Waals surface area (Å²) in [4.78, 5) is 38.7. The van der Waals surface area contributed by atoms with E-state index in [1.807, 2.05) is 6.92 Å². The maximum atomic E-state index is 12.7. The zero-order valence-corrected chi connectivity index (χ0v) is 13.8. The molecule has 3 amide bonds. The SMILES string of the molecule is C[C@H]1CCCC[C@]12NC(=O)N(CC(=O)c1ccc(Cl)s1)C2=O. The number of nitrogens with one attached hydrogen (secondary N) is 1. The molecule has 1 saturated carbocycles. The Hall–Kier alpha value is -1.40. The Balaban J connectivity index is 1.79. The molecule has 118 valence electrons. The average Bonchev–Trinajstić information content (AvgIpc) is 3.01. The van der Waals surface area contributed by atoms with Crippen molar-refractivity contribution in [3.63, 3.8) is 0 Å². The zero-order valence-electron chi connectivity index (χ0n) is 12.2. The van der Waals surface area contributed by atoms with Crippen LogP contribution >= 0.6 is 22.9 Å². The highest BCUT2D eigenvalue weighted by molar-refractivity contribution is 7.18. The standard InChI is InChI=1S/C15H17ClN2O3S/c1-9-4-2-3-7-15(9)13(20)18(14(21)17-15)8-10(19)11-5-6-12(16)22-11/h5-6,9H,2-4,7-8H2,1H3,(H,17,21)/t9-,15-/m0/s1. The van der Waals surface area contributed by atoms with Crippen molar-refractivity contribution in [3.05, 3.63) is 21.3 Å². The molecule has 1 aliphatic heterocycles. The molecule has 22 heavy (non-hydrogen) atoms. The summed E-state index contributed by atoms with van der Waals surface area (Å²) in [6.07, 6.45) is 3.54. The normalized spacial score (nSPS) is 28.3. The summed E-state index contributed by atoms with van der Waals surface area (Å²) < 4.78 is 0.512. The molecule has 3 rings (SSSR count). The molecule has 1 aromatic heterocycles. The topological polar surface area (TPSA) is 66.5 Å². The molecule has 1 aromatic rings. The van der Waals surface area contributed by atoms with Crippen molar-refractivity contribution in [3.8, 4) is 0 Å². The van der Waals surface area contributed by atoms with Crippen molar-refractivity contribution in [2.45, 2.75) is 38.1 Å². The van der Waals surface area contributed by atoms with Gasteiger partial charge in [0.15, 0.2) is 5.78 Å². The summed E-state index contributed by atoms with van der Waals surface area (Å²) >= 11 is 6.98. The van der Waals surface area contributed by atoms with Crippen molar-refractivity contribution in [1.29, 1.82) is 0 Å². The fraction of sp³-hybridized carbons (Fsp3) is 0.533. The third-order valence-corrected chi connectivity index (χ3v) is 5.92. The van der Waals surface area contributed by atoms with Crippen LogP contribution in [0.1, 0.15) is 42.3 Å². The molecule has 0 bridgehead atoms. The second kappa shape index (κ2) is 5.66. The minimum absolute atomic E-state index is 0.0917. The van der Waals surface area contributed by atoms with E-state index in [1.165, 1.54) is 0 Å². The van der Waals surface area contributed by atoms with E-state index >= 15 is 0 Å². The lowest BCUT2D eigenvalue weighted by Crippen LogP contribution is -2.54. The van der Waals surface area contributed by atoms with Crippen molar-refractivity contribution < 1.29 is 14.4 Å². The van der Waals surface area contributed by atoms with E-state index in [-0.39, 0.29) is 24.2 Å². The number of halogens is 1. The first-order valence-electron chi connectivity index (χ1n) is 7.37. The van der Waals surface area contributed by atoms with Crippen LogP contribution in [-0.2, 0) is 4.79 Å². The van der Waals surface area contributed by atoms with Gasteiger partial charge in [0.2, 0.25) is 0 Å². The molecule has 7 heteroatoms. The van der Waals surface area contributed by atoms with E-state index in [1.54, 1.807) is 12.1 Å². The van der Waals surface area contributed by atoms with Crippen LogP contribution in [0, 0.1) is 5.92 Å². The number of hydrogen-bond acceptors (Lipinski definition) is 4. The van der Waals surface area contributed by atoms with Gasteiger partial charge in [-0.3, -0.25) is 14.5 Å². The van der Waals surface area contributed by atoms with E-state index in [0.29, 0.717) is 15.6 Å². The van der Waals surface area contributed by atoms with Crippen LogP contribution in [0.3, 0.4) is 0 Å². The van der Waals surface area contributed by atoms with Crippen LogP contribution in [0.4, 0.5) is 4.79 Å². The Morgan fingerprint density at radius 2 is 2.23 bits per heavy atom. The molecule has 2 heterocycles. The predicted octanol–water partition coefficient (Wildman–Crippen LogP) is 3.08. The highest BCUT2D eigenvalue weighted by atomic mass is 35.5. The predicted molar refractivity (Wildman–Crippen MR) is 84.3 cm³/mol. The van der Waals surface area contributed by atoms with Gasteiger partial charge < -0.3 is 5.32 Å². The Bertz CT molecular complexity index is 644. The molecule has 0 unspecified atom stereocenters. The lowest BCUT2D eigenvalue weighted by atomic mass is 9.73. The summed E-state index contributed by atoms with van der Waals surface area (Å²) in [5.74, 6) is -0.435. The number of Topliss-reactive ketones (excluding diaryl/α,β-unsaturated/α-hetero) is 1. The first kappa shape index (κ1) is 15.5. The summed E-state index contributed by atoms with van der Waals surface area (Å²) in [5, 5.41) is 2.84. The van der Waals surface area contributed by atoms with Gasteiger partial charge in [0.05, 0.1) is 15.8 Å². The Morgan fingerprint density at radius 3 is 2.86 bits per heavy atom. The number of thiophene rings is 1. The summed E-state index contributed by atoms with van der Waals surface area (Å²) in [6.45, 7) is 1.76. The Morgan fingerprint density at radius 1 is 1.45 bits per heavy atom. The maximum absolute atomic E-state index is 12.7. The fourth-order valence-corrected chi connectivity index (χ4v) is 4.30. The number of ketones is 1. The fourth-order valence-electron chi connectivity index (χ4n) is 3.32. The molecular weight excluding hydrogens is 324 g/mol. The van der Waals surface area contributed by atoms with Crippen molar-refractivity contribution >= 4 is 40.7 Å². The number of urea groups is 1. The van der Waals surface area contributed by atoms with Gasteiger partial charge in [0, 0.05) is 0 Å². The molecule has 1 N–H and O–H groups in total. The van der Waals surface area contributed by atoms with Gasteiger partial charge in [0.1, 0.15) is 5.54 Å². The van der Waals surface area contributed by atoms with Crippen LogP contribution in [0.25, 0.3) is 0 Å². The highest BCUT2D eigenvalue weighted by Crippen LogP contribution is 2.38. The van der Waals surface area contributed by atoms with E-state index in [0.717, 1.165) is 35.5 Å². The molecule has 1 aliphatic carbocycles. The number of nitrogens with zero attached hydrogens (tertiary/aromatic N) is 1. The number of carbonyl (C=O) groups is 3. The van der Waals surface area contributed by atoms with E-state index in [9.17, 15) is 14.4 Å². The minimum Gasteiger partial charge on any atom is -0.323 e. The van der Waals surface area contributed by atoms with Crippen LogP contribution in [0.2, 0.25) is 4.34 Å². The first-order chi connectivity index (χ1) is 10.4. The maximum Gasteiger partial charge on any atom is 0.325 e. The highest BCUT2D eigenvalue weighted by Gasteiger charge is 2.55. The molecule has 0 radical (unpaired) electrons. The van der Waals surface area contributed by atoms with Gasteiger partial charge in [-0.25, -0.2) is 4.79 Å². The lowest BCUT2D eigenvalue weighted by molar-refractivity contribution is -0.133. The number of rotatable bonds is 3. The molecule has 2 atom stereocenters. The molecule has 2 aliphatic rings. The van der Waals surface area contributed by atoms with Crippen molar-refractivity contribution in [2.24, 2.45) is 5.92 Å². The van der Waals surface area contributed by atoms with Gasteiger partial charge in [-0.2, -0.15) is 0 Å². The van der Waals surface area contributed by atoms with E-state index < -0.39 is 11.6 Å². The van der Waals surface area contributed by atoms with E-state index in [4.69, 9.17) is 11.6 Å². The first-order valence-corrected chi connectivity index (χ1v) is 8.56. The summed E-state index contributed by atoms with van der Waals surface area (Å²) in [7, 11) is 0. The smallest absolute Gasteiger partial charge is 0.323 e. The molecule has 2 fully saturated rings. The third kappa shape index (κ3) is 2.44. The van der Waals surface area contributed by atoms with Crippen LogP contribution in [0.5, 0.6) is 0 Å². The van der Waals surface area contributed by atoms with Gasteiger partial charge in [-0.05, 0) is 30.9 Å². The molecular formula is C15H17ClN2O3S. The number of carbonyl (C=O) groups excluding carboxylic acids is 3. The minimum atomic E-state index is -0.817. The second-order valence-electron chi connectivity index (χ2n) is 5.97. The number of hydrogen-bond donors (Lipinski definition) is 1. The zero-order chi connectivity index (χ0) is 15.9. The van der Waals surface area contributed by atoms with Crippen LogP contribution in [-0.4, -0.2) is 34.7 Å². The number of imide groups is 1. The van der Waals surface area contributed by atoms with Gasteiger partial charge in [-0.1, -0.05) is 31.4 Å². The molecule has 0 aromatic carbocycles. The lowest BCUT2D eigenvalue weighted by Gasteiger charge is -2.36. The van der Waals surface area contributed by atoms with E-state index in [2.05, 4.69) is 5.32 Å². The van der Waals surface area contributed by atoms with Crippen LogP contribution < -0.4 is 5.32 Å². The van der Waals surface area contributed by atoms with Gasteiger partial charge in [0.25, 0.3) is 5.91 Å². The van der Waals surface area contributed by atoms with Gasteiger partial charge in [-0.15, -0.1) is 11.3 Å². The molecule has 1 spiro atoms. The Kier molecular flexibility index (Phi) is 3.99. The van der Waals surface area contributed by atoms with Gasteiger partial charge >= 0.3 is 6.03 Å². The van der Waals surface area contributed by atoms with Crippen LogP contribution in [0.15, 0.2) is 12.1 Å². The molecule has 5 nitrogen and oxygen atoms in total. The quantitative estimate of drug-likeness (QED) is 0.679. The molecule has 1 saturated heterocycles. The van der Waals surface area contributed by atoms with Crippen molar-refractivity contribution in [2.75, 3.05) is 6.54 Å².